The fourth-order valence-electron chi connectivity index (χ4n) is 4.66. The van der Waals surface area contributed by atoms with E-state index in [1.807, 2.05) is 0 Å². The summed E-state index contributed by atoms with van der Waals surface area (Å²) in [5, 5.41) is 2.57. The topological polar surface area (TPSA) is 113 Å². The van der Waals surface area contributed by atoms with Gasteiger partial charge in [-0.2, -0.15) is 18.2 Å². The van der Waals surface area contributed by atoms with E-state index in [1.165, 1.54) is 12.1 Å². The van der Waals surface area contributed by atoms with E-state index in [-0.39, 0.29) is 10.8 Å². The molecule has 45 heavy (non-hydrogen) atoms. The number of sulfone groups is 1. The van der Waals surface area contributed by atoms with Gasteiger partial charge in [-0.25, -0.2) is 22.8 Å². The van der Waals surface area contributed by atoms with Crippen LogP contribution < -0.4 is 15.1 Å². The summed E-state index contributed by atoms with van der Waals surface area (Å²) in [6.45, 7) is 0. The number of carbonyl (C=O) groups excluding carboxylic acids is 1. The summed E-state index contributed by atoms with van der Waals surface area (Å²) in [5.74, 6) is -0.782. The molecule has 0 aliphatic rings. The first-order chi connectivity index (χ1) is 21.1. The lowest BCUT2D eigenvalue weighted by Gasteiger charge is -2.22. The Balaban J connectivity index is 1.41. The maximum atomic E-state index is 14.2. The number of nitrogens with one attached hydrogen (secondary N) is 1. The Morgan fingerprint density at radius 1 is 0.978 bits per heavy atom. The van der Waals surface area contributed by atoms with Crippen LogP contribution in [0.1, 0.15) is 11.1 Å². The van der Waals surface area contributed by atoms with E-state index in [1.54, 1.807) is 78.1 Å². The monoisotopic (exact) mass is 641 g/mol. The summed E-state index contributed by atoms with van der Waals surface area (Å²) in [5.41, 5.74) is 0.841. The van der Waals surface area contributed by atoms with Crippen LogP contribution in [0, 0.1) is 5.82 Å². The summed E-state index contributed by atoms with van der Waals surface area (Å²) in [6, 6.07) is 15.4. The molecule has 1 N–H and O–H groups in total. The van der Waals surface area contributed by atoms with Gasteiger partial charge < -0.3 is 14.4 Å². The van der Waals surface area contributed by atoms with Crippen LogP contribution >= 0.6 is 0 Å². The lowest BCUT2D eigenvalue weighted by atomic mass is 10.1. The molecule has 0 bridgehead atoms. The Hall–Kier alpha value is -5.05. The van der Waals surface area contributed by atoms with E-state index in [9.17, 15) is 30.8 Å². The third kappa shape index (κ3) is 6.57. The molecule has 1 amide bonds. The van der Waals surface area contributed by atoms with E-state index >= 15 is 0 Å². The number of imidazole rings is 1. The lowest BCUT2D eigenvalue weighted by Crippen LogP contribution is -2.18. The molecule has 0 unspecified atom stereocenters. The quantitative estimate of drug-likeness (QED) is 0.217. The largest absolute Gasteiger partial charge is 0.416 e. The minimum atomic E-state index is -4.68. The maximum Gasteiger partial charge on any atom is 0.416 e. The molecule has 2 aromatic heterocycles. The number of fused-ring (bicyclic) bond motifs is 1. The van der Waals surface area contributed by atoms with Gasteiger partial charge in [-0.05, 0) is 60.2 Å². The molecule has 0 atom stereocenters. The van der Waals surface area contributed by atoms with E-state index in [4.69, 9.17) is 0 Å². The van der Waals surface area contributed by atoms with Gasteiger partial charge in [0.1, 0.15) is 17.2 Å². The first-order valence-corrected chi connectivity index (χ1v) is 15.2. The fraction of sp³-hybridized carbons (Fsp3) is 0.200. The van der Waals surface area contributed by atoms with Crippen LogP contribution in [0.15, 0.2) is 77.8 Å². The Labute approximate surface area is 255 Å². The molecule has 0 aliphatic carbocycles. The molecule has 10 nitrogen and oxygen atoms in total. The van der Waals surface area contributed by atoms with Crippen molar-refractivity contribution in [3.05, 3.63) is 89.9 Å². The normalized spacial score (nSPS) is 11.9. The molecular formula is C30H27F4N7O3S. The number of hydrogen-bond acceptors (Lipinski definition) is 8. The molecule has 5 aromatic rings. The van der Waals surface area contributed by atoms with Gasteiger partial charge >= 0.3 is 6.18 Å². The second-order valence-corrected chi connectivity index (χ2v) is 12.3. The van der Waals surface area contributed by atoms with Gasteiger partial charge in [0.25, 0.3) is 0 Å². The van der Waals surface area contributed by atoms with Gasteiger partial charge in [0, 0.05) is 39.3 Å². The number of carbonyl (C=O) groups is 1. The zero-order chi connectivity index (χ0) is 32.7. The number of halogens is 4. The van der Waals surface area contributed by atoms with Crippen molar-refractivity contribution < 1.29 is 30.8 Å². The third-order valence-electron chi connectivity index (χ3n) is 7.13. The molecular weight excluding hydrogens is 614 g/mol. The zero-order valence-electron chi connectivity index (χ0n) is 24.5. The van der Waals surface area contributed by atoms with Crippen LogP contribution in [0.25, 0.3) is 11.0 Å². The van der Waals surface area contributed by atoms with Crippen molar-refractivity contribution in [2.24, 2.45) is 7.05 Å². The highest BCUT2D eigenvalue weighted by Gasteiger charge is 2.31. The second-order valence-electron chi connectivity index (χ2n) is 10.3. The highest BCUT2D eigenvalue weighted by Crippen LogP contribution is 2.33. The van der Waals surface area contributed by atoms with Crippen molar-refractivity contribution in [2.45, 2.75) is 17.5 Å². The Bertz CT molecular complexity index is 2030. The first-order valence-electron chi connectivity index (χ1n) is 13.3. The zero-order valence-corrected chi connectivity index (χ0v) is 25.3. The van der Waals surface area contributed by atoms with Gasteiger partial charge in [-0.15, -0.1) is 0 Å². The molecule has 2 heterocycles. The van der Waals surface area contributed by atoms with Crippen LogP contribution in [0.3, 0.4) is 0 Å². The van der Waals surface area contributed by atoms with Crippen LogP contribution in [0.5, 0.6) is 0 Å². The third-order valence-corrected chi connectivity index (χ3v) is 8.24. The summed E-state index contributed by atoms with van der Waals surface area (Å²) in [6.07, 6.45) is -2.62. The van der Waals surface area contributed by atoms with Crippen molar-refractivity contribution in [3.8, 4) is 0 Å². The maximum absolute atomic E-state index is 14.2. The molecule has 0 saturated heterocycles. The van der Waals surface area contributed by atoms with Gasteiger partial charge in [-0.3, -0.25) is 10.1 Å². The number of aryl methyl sites for hydroxylation is 1. The van der Waals surface area contributed by atoms with Gasteiger partial charge in [0.05, 0.1) is 28.1 Å². The highest BCUT2D eigenvalue weighted by atomic mass is 32.2. The number of aromatic nitrogens is 4. The van der Waals surface area contributed by atoms with Gasteiger partial charge in [0.2, 0.25) is 17.8 Å². The standard InChI is InChI=1S/C30H27F4N7O3S/c1-39(20-7-5-8-21(17-20)45(4,43)44)28-35-14-13-25(36-28)40(2)23-9-6-10-24-27(23)38-29(41(24)3)37-26(42)16-18-15-19(30(32,33)34)11-12-22(18)31/h5-15,17H,16H2,1-4H3,(H,37,38,42). The van der Waals surface area contributed by atoms with Crippen molar-refractivity contribution >= 4 is 55.9 Å². The second kappa shape index (κ2) is 11.8. The Kier molecular flexibility index (Phi) is 8.23. The average molecular weight is 642 g/mol. The Morgan fingerprint density at radius 3 is 2.42 bits per heavy atom. The highest BCUT2D eigenvalue weighted by molar-refractivity contribution is 7.90. The molecule has 0 aliphatic heterocycles. The lowest BCUT2D eigenvalue weighted by molar-refractivity contribution is -0.137. The van der Waals surface area contributed by atoms with E-state index in [0.29, 0.717) is 52.4 Å². The number of rotatable bonds is 8. The van der Waals surface area contributed by atoms with Crippen molar-refractivity contribution in [2.75, 3.05) is 35.5 Å². The minimum Gasteiger partial charge on any atom is -0.327 e. The summed E-state index contributed by atoms with van der Waals surface area (Å²) in [7, 11) is 1.70. The number of benzene rings is 3. The molecule has 0 radical (unpaired) electrons. The number of hydrogen-bond donors (Lipinski definition) is 1. The molecule has 5 rings (SSSR count). The van der Waals surface area contributed by atoms with E-state index < -0.39 is 45.3 Å². The number of para-hydroxylation sites is 1. The smallest absolute Gasteiger partial charge is 0.327 e. The predicted octanol–water partition coefficient (Wildman–Crippen LogP) is 5.64. The summed E-state index contributed by atoms with van der Waals surface area (Å²) < 4.78 is 79.2. The number of anilines is 5. The predicted molar refractivity (Wildman–Crippen MR) is 162 cm³/mol. The molecule has 3 aromatic carbocycles. The number of amides is 1. The summed E-state index contributed by atoms with van der Waals surface area (Å²) >= 11 is 0. The SMILES string of the molecule is CN(c1cccc(S(C)(=O)=O)c1)c1nccc(N(C)c2cccc3c2nc(NC(=O)Cc2cc(C(F)(F)F)ccc2F)n3C)n1. The number of alkyl halides is 3. The van der Waals surface area contributed by atoms with Crippen molar-refractivity contribution in [3.63, 3.8) is 0 Å². The van der Waals surface area contributed by atoms with Gasteiger partial charge in [-0.1, -0.05) is 12.1 Å². The van der Waals surface area contributed by atoms with E-state index in [0.717, 1.165) is 6.26 Å². The molecule has 0 saturated carbocycles. The van der Waals surface area contributed by atoms with Crippen molar-refractivity contribution in [1.82, 2.24) is 19.5 Å². The minimum absolute atomic E-state index is 0.108. The number of nitrogens with zero attached hydrogens (tertiary/aromatic N) is 6. The van der Waals surface area contributed by atoms with Gasteiger partial charge in [0.15, 0.2) is 9.84 Å². The van der Waals surface area contributed by atoms with Crippen LogP contribution in [-0.4, -0.2) is 54.2 Å². The van der Waals surface area contributed by atoms with E-state index in [2.05, 4.69) is 20.3 Å². The summed E-state index contributed by atoms with van der Waals surface area (Å²) in [4.78, 5) is 29.9. The van der Waals surface area contributed by atoms with Crippen LogP contribution in [-0.2, 0) is 34.3 Å². The molecule has 234 valence electrons. The van der Waals surface area contributed by atoms with Crippen LogP contribution in [0.4, 0.5) is 46.7 Å². The van der Waals surface area contributed by atoms with Crippen LogP contribution in [0.2, 0.25) is 0 Å². The average Bonchev–Trinajstić information content (AvgIpc) is 3.31. The first kappa shape index (κ1) is 31.4. The van der Waals surface area contributed by atoms with Crippen molar-refractivity contribution in [1.29, 1.82) is 0 Å². The Morgan fingerprint density at radius 2 is 1.71 bits per heavy atom. The molecule has 0 spiro atoms. The fourth-order valence-corrected chi connectivity index (χ4v) is 5.32. The molecule has 15 heteroatoms. The molecule has 0 fully saturated rings.